The third-order valence-corrected chi connectivity index (χ3v) is 4.82. The summed E-state index contributed by atoms with van der Waals surface area (Å²) in [6.07, 6.45) is 1.10. The first-order chi connectivity index (χ1) is 11.0. The van der Waals surface area contributed by atoms with Crippen molar-refractivity contribution in [1.82, 2.24) is 9.80 Å². The molecular formula is C17H23N3O3. The second kappa shape index (κ2) is 6.48. The number of phenols is 1. The molecule has 0 saturated carbocycles. The second-order valence-electron chi connectivity index (χ2n) is 6.33. The largest absolute Gasteiger partial charge is 0.508 e. The number of piperidine rings is 1. The molecule has 2 amide bonds. The lowest BCUT2D eigenvalue weighted by Crippen LogP contribution is -2.52. The van der Waals surface area contributed by atoms with Crippen molar-refractivity contribution >= 4 is 17.5 Å². The van der Waals surface area contributed by atoms with Gasteiger partial charge in [0.1, 0.15) is 5.75 Å². The molecule has 1 N–H and O–H groups in total. The van der Waals surface area contributed by atoms with Crippen molar-refractivity contribution in [2.75, 3.05) is 44.7 Å². The number of piperazine rings is 1. The molecule has 23 heavy (non-hydrogen) atoms. The molecule has 0 bridgehead atoms. The Labute approximate surface area is 136 Å². The summed E-state index contributed by atoms with van der Waals surface area (Å²) in [7, 11) is 1.79. The van der Waals surface area contributed by atoms with Gasteiger partial charge in [-0.15, -0.1) is 0 Å². The Hall–Kier alpha value is -2.24. The minimum Gasteiger partial charge on any atom is -0.508 e. The van der Waals surface area contributed by atoms with E-state index in [-0.39, 0.29) is 23.5 Å². The number of carbonyl (C=O) groups excluding carboxylic acids is 2. The van der Waals surface area contributed by atoms with Crippen LogP contribution in [0.4, 0.5) is 5.69 Å². The summed E-state index contributed by atoms with van der Waals surface area (Å²) < 4.78 is 0. The summed E-state index contributed by atoms with van der Waals surface area (Å²) in [5, 5.41) is 9.35. The number of likely N-dealkylation sites (tertiary alicyclic amines) is 1. The molecule has 2 heterocycles. The van der Waals surface area contributed by atoms with Crippen LogP contribution in [0.15, 0.2) is 24.3 Å². The van der Waals surface area contributed by atoms with Crippen LogP contribution in [0.5, 0.6) is 5.75 Å². The molecule has 0 spiro atoms. The van der Waals surface area contributed by atoms with Crippen LogP contribution in [0.25, 0.3) is 0 Å². The molecule has 1 aromatic carbocycles. The summed E-state index contributed by atoms with van der Waals surface area (Å²) in [5.41, 5.74) is 1.06. The Morgan fingerprint density at radius 3 is 2.35 bits per heavy atom. The van der Waals surface area contributed by atoms with Crippen molar-refractivity contribution in [2.24, 2.45) is 5.92 Å². The highest BCUT2D eigenvalue weighted by atomic mass is 16.3. The van der Waals surface area contributed by atoms with E-state index in [4.69, 9.17) is 0 Å². The lowest BCUT2D eigenvalue weighted by Gasteiger charge is -2.38. The first-order valence-electron chi connectivity index (χ1n) is 8.11. The van der Waals surface area contributed by atoms with E-state index in [0.717, 1.165) is 25.2 Å². The minimum absolute atomic E-state index is 0.0670. The number of hydrogen-bond donors (Lipinski definition) is 1. The van der Waals surface area contributed by atoms with E-state index < -0.39 is 0 Å². The number of benzene rings is 1. The van der Waals surface area contributed by atoms with Crippen molar-refractivity contribution < 1.29 is 14.7 Å². The molecule has 6 heteroatoms. The predicted octanol–water partition coefficient (Wildman–Crippen LogP) is 0.909. The molecule has 2 saturated heterocycles. The number of rotatable bonds is 2. The van der Waals surface area contributed by atoms with Crippen LogP contribution in [0.2, 0.25) is 0 Å². The molecule has 2 fully saturated rings. The monoisotopic (exact) mass is 317 g/mol. The summed E-state index contributed by atoms with van der Waals surface area (Å²) >= 11 is 0. The Bertz CT molecular complexity index is 579. The van der Waals surface area contributed by atoms with Gasteiger partial charge in [0.2, 0.25) is 11.8 Å². The van der Waals surface area contributed by atoms with E-state index in [1.165, 1.54) is 0 Å². The molecule has 2 aliphatic heterocycles. The highest BCUT2D eigenvalue weighted by Gasteiger charge is 2.32. The standard InChI is InChI=1S/C17H23N3O3/c1-18-7-6-13(12-16(18)22)17(23)20-10-8-19(9-11-20)14-2-4-15(21)5-3-14/h2-5,13,21H,6-12H2,1H3. The Morgan fingerprint density at radius 1 is 1.09 bits per heavy atom. The highest BCUT2D eigenvalue weighted by Crippen LogP contribution is 2.23. The van der Waals surface area contributed by atoms with Gasteiger partial charge in [-0.3, -0.25) is 9.59 Å². The fourth-order valence-electron chi connectivity index (χ4n) is 3.26. The van der Waals surface area contributed by atoms with E-state index in [1.807, 2.05) is 17.0 Å². The SMILES string of the molecule is CN1CCC(C(=O)N2CCN(c3ccc(O)cc3)CC2)CC1=O. The lowest BCUT2D eigenvalue weighted by molar-refractivity contribution is -0.144. The summed E-state index contributed by atoms with van der Waals surface area (Å²) in [5.74, 6) is 0.294. The van der Waals surface area contributed by atoms with Gasteiger partial charge < -0.3 is 19.8 Å². The van der Waals surface area contributed by atoms with Crippen LogP contribution in [-0.4, -0.2) is 66.5 Å². The predicted molar refractivity (Wildman–Crippen MR) is 87.3 cm³/mol. The van der Waals surface area contributed by atoms with Gasteiger partial charge in [0.25, 0.3) is 0 Å². The number of carbonyl (C=O) groups is 2. The molecule has 2 aliphatic rings. The summed E-state index contributed by atoms with van der Waals surface area (Å²) in [4.78, 5) is 30.2. The third-order valence-electron chi connectivity index (χ3n) is 4.82. The molecule has 124 valence electrons. The highest BCUT2D eigenvalue weighted by molar-refractivity contribution is 5.87. The number of aromatic hydroxyl groups is 1. The molecule has 1 atom stereocenters. The minimum atomic E-state index is -0.154. The Morgan fingerprint density at radius 2 is 1.74 bits per heavy atom. The van der Waals surface area contributed by atoms with Crippen molar-refractivity contribution in [3.8, 4) is 5.75 Å². The third kappa shape index (κ3) is 3.41. The molecule has 1 unspecified atom stereocenters. The molecular weight excluding hydrogens is 294 g/mol. The average molecular weight is 317 g/mol. The van der Waals surface area contributed by atoms with Gasteiger partial charge in [0, 0.05) is 57.8 Å². The number of amides is 2. The van der Waals surface area contributed by atoms with Crippen LogP contribution in [-0.2, 0) is 9.59 Å². The first kappa shape index (κ1) is 15.6. The van der Waals surface area contributed by atoms with E-state index in [0.29, 0.717) is 26.1 Å². The smallest absolute Gasteiger partial charge is 0.226 e. The van der Waals surface area contributed by atoms with Gasteiger partial charge in [-0.05, 0) is 30.7 Å². The number of hydrogen-bond acceptors (Lipinski definition) is 4. The molecule has 3 rings (SSSR count). The van der Waals surface area contributed by atoms with Crippen molar-refractivity contribution in [3.63, 3.8) is 0 Å². The topological polar surface area (TPSA) is 64.1 Å². The number of phenolic OH excluding ortho intramolecular Hbond substituents is 1. The molecule has 6 nitrogen and oxygen atoms in total. The maximum absolute atomic E-state index is 12.6. The van der Waals surface area contributed by atoms with Crippen LogP contribution in [0.1, 0.15) is 12.8 Å². The second-order valence-corrected chi connectivity index (χ2v) is 6.33. The molecule has 0 aromatic heterocycles. The van der Waals surface area contributed by atoms with E-state index >= 15 is 0 Å². The van der Waals surface area contributed by atoms with Crippen LogP contribution < -0.4 is 4.90 Å². The zero-order valence-corrected chi connectivity index (χ0v) is 13.4. The lowest BCUT2D eigenvalue weighted by atomic mass is 9.94. The average Bonchev–Trinajstić information content (AvgIpc) is 2.57. The van der Waals surface area contributed by atoms with Crippen molar-refractivity contribution in [1.29, 1.82) is 0 Å². The zero-order valence-electron chi connectivity index (χ0n) is 13.4. The van der Waals surface area contributed by atoms with Gasteiger partial charge >= 0.3 is 0 Å². The van der Waals surface area contributed by atoms with E-state index in [9.17, 15) is 14.7 Å². The van der Waals surface area contributed by atoms with Crippen LogP contribution in [0.3, 0.4) is 0 Å². The van der Waals surface area contributed by atoms with E-state index in [1.54, 1.807) is 24.1 Å². The summed E-state index contributed by atoms with van der Waals surface area (Å²) in [6, 6.07) is 7.14. The van der Waals surface area contributed by atoms with Crippen LogP contribution >= 0.6 is 0 Å². The fraction of sp³-hybridized carbons (Fsp3) is 0.529. The van der Waals surface area contributed by atoms with Crippen molar-refractivity contribution in [3.05, 3.63) is 24.3 Å². The molecule has 1 aromatic rings. The first-order valence-corrected chi connectivity index (χ1v) is 8.11. The van der Waals surface area contributed by atoms with Crippen LogP contribution in [0, 0.1) is 5.92 Å². The Balaban J connectivity index is 1.55. The molecule has 0 radical (unpaired) electrons. The maximum atomic E-state index is 12.6. The van der Waals surface area contributed by atoms with Gasteiger partial charge in [0.05, 0.1) is 0 Å². The van der Waals surface area contributed by atoms with Gasteiger partial charge in [-0.2, -0.15) is 0 Å². The number of anilines is 1. The number of nitrogens with zero attached hydrogens (tertiary/aromatic N) is 3. The normalized spacial score (nSPS) is 22.4. The van der Waals surface area contributed by atoms with Gasteiger partial charge in [0.15, 0.2) is 0 Å². The maximum Gasteiger partial charge on any atom is 0.226 e. The molecule has 0 aliphatic carbocycles. The quantitative estimate of drug-likeness (QED) is 0.880. The van der Waals surface area contributed by atoms with Crippen molar-refractivity contribution in [2.45, 2.75) is 12.8 Å². The summed E-state index contributed by atoms with van der Waals surface area (Å²) in [6.45, 7) is 3.58. The van der Waals surface area contributed by atoms with Gasteiger partial charge in [-0.25, -0.2) is 0 Å². The van der Waals surface area contributed by atoms with E-state index in [2.05, 4.69) is 4.90 Å². The Kier molecular flexibility index (Phi) is 4.41. The van der Waals surface area contributed by atoms with Gasteiger partial charge in [-0.1, -0.05) is 0 Å². The zero-order chi connectivity index (χ0) is 16.4. The fourth-order valence-corrected chi connectivity index (χ4v) is 3.26.